The van der Waals surface area contributed by atoms with Crippen LogP contribution >= 0.6 is 12.2 Å². The third-order valence-corrected chi connectivity index (χ3v) is 3.72. The van der Waals surface area contributed by atoms with Gasteiger partial charge in [0.15, 0.2) is 10.4 Å². The van der Waals surface area contributed by atoms with Crippen LogP contribution in [-0.4, -0.2) is 33.6 Å². The maximum Gasteiger partial charge on any atom is 0.184 e. The Bertz CT molecular complexity index is 853. The number of aromatic amines is 1. The number of imidazole rings is 1. The molecule has 1 aromatic carbocycles. The van der Waals surface area contributed by atoms with E-state index in [-0.39, 0.29) is 0 Å². The van der Waals surface area contributed by atoms with Gasteiger partial charge in [0.05, 0.1) is 25.6 Å². The van der Waals surface area contributed by atoms with Crippen molar-refractivity contribution in [1.82, 2.24) is 19.3 Å². The second kappa shape index (κ2) is 4.92. The third-order valence-electron chi connectivity index (χ3n) is 3.43. The average Bonchev–Trinajstić information content (AvgIpc) is 2.96. The molecule has 2 aromatic heterocycles. The average molecular weight is 304 g/mol. The van der Waals surface area contributed by atoms with Crippen LogP contribution < -0.4 is 9.47 Å². The van der Waals surface area contributed by atoms with Gasteiger partial charge in [-0.3, -0.25) is 4.57 Å². The van der Waals surface area contributed by atoms with Crippen molar-refractivity contribution >= 4 is 23.4 Å². The van der Waals surface area contributed by atoms with Crippen LogP contribution in [0.2, 0.25) is 0 Å². The second-order valence-corrected chi connectivity index (χ2v) is 5.13. The van der Waals surface area contributed by atoms with Crippen molar-refractivity contribution < 1.29 is 9.47 Å². The molecule has 3 aromatic rings. The van der Waals surface area contributed by atoms with Crippen molar-refractivity contribution in [2.45, 2.75) is 6.92 Å². The van der Waals surface area contributed by atoms with Crippen LogP contribution in [0.15, 0.2) is 18.2 Å². The predicted molar refractivity (Wildman–Crippen MR) is 83.1 cm³/mol. The molecule has 0 bridgehead atoms. The van der Waals surface area contributed by atoms with E-state index in [9.17, 15) is 0 Å². The molecular weight excluding hydrogens is 288 g/mol. The fraction of sp³-hybridized carbons (Fsp3) is 0.286. The van der Waals surface area contributed by atoms with Crippen molar-refractivity contribution in [3.8, 4) is 17.2 Å². The van der Waals surface area contributed by atoms with Gasteiger partial charge in [-0.25, -0.2) is 4.68 Å². The van der Waals surface area contributed by atoms with Gasteiger partial charge < -0.3 is 14.5 Å². The lowest BCUT2D eigenvalue weighted by Gasteiger charge is -2.10. The molecule has 0 radical (unpaired) electrons. The number of nitrogens with zero attached hydrogens (tertiary/aromatic N) is 3. The van der Waals surface area contributed by atoms with E-state index in [4.69, 9.17) is 21.7 Å². The number of rotatable bonds is 3. The van der Waals surface area contributed by atoms with E-state index in [1.165, 1.54) is 0 Å². The molecule has 1 N–H and O–H groups in total. The van der Waals surface area contributed by atoms with Crippen molar-refractivity contribution in [3.63, 3.8) is 0 Å². The summed E-state index contributed by atoms with van der Waals surface area (Å²) in [6, 6.07) is 5.65. The van der Waals surface area contributed by atoms with E-state index < -0.39 is 0 Å². The number of H-pyrrole nitrogens is 1. The van der Waals surface area contributed by atoms with Gasteiger partial charge in [-0.1, -0.05) is 0 Å². The number of hydrogen-bond donors (Lipinski definition) is 1. The van der Waals surface area contributed by atoms with Crippen LogP contribution in [-0.2, 0) is 7.05 Å². The first kappa shape index (κ1) is 13.7. The molecule has 0 aliphatic carbocycles. The molecule has 0 aliphatic rings. The van der Waals surface area contributed by atoms with E-state index in [1.54, 1.807) is 14.2 Å². The van der Waals surface area contributed by atoms with Gasteiger partial charge >= 0.3 is 0 Å². The zero-order valence-electron chi connectivity index (χ0n) is 12.3. The molecule has 0 spiro atoms. The Hall–Kier alpha value is -2.28. The minimum atomic E-state index is 0.608. The summed E-state index contributed by atoms with van der Waals surface area (Å²) in [7, 11) is 5.14. The largest absolute Gasteiger partial charge is 0.497 e. The summed E-state index contributed by atoms with van der Waals surface area (Å²) in [5.41, 5.74) is 3.62. The van der Waals surface area contributed by atoms with Gasteiger partial charge in [-0.15, -0.1) is 0 Å². The number of hydrogen-bond acceptors (Lipinski definition) is 4. The Morgan fingerprint density at radius 2 is 1.76 bits per heavy atom. The minimum Gasteiger partial charge on any atom is -0.497 e. The van der Waals surface area contributed by atoms with Crippen LogP contribution in [0.25, 0.3) is 16.9 Å². The zero-order valence-corrected chi connectivity index (χ0v) is 13.1. The molecule has 21 heavy (non-hydrogen) atoms. The quantitative estimate of drug-likeness (QED) is 0.756. The van der Waals surface area contributed by atoms with Gasteiger partial charge in [-0.2, -0.15) is 5.10 Å². The van der Waals surface area contributed by atoms with Gasteiger partial charge in [0.1, 0.15) is 17.0 Å². The van der Waals surface area contributed by atoms with Crippen molar-refractivity contribution in [1.29, 1.82) is 0 Å². The van der Waals surface area contributed by atoms with E-state index in [0.717, 1.165) is 22.5 Å². The number of benzene rings is 1. The Balaban J connectivity index is 2.34. The SMILES string of the molecule is COc1cc(OC)cc(-n2c(=S)[nH]c3c(C)nn(C)c32)c1. The van der Waals surface area contributed by atoms with Crippen molar-refractivity contribution in [2.24, 2.45) is 7.05 Å². The molecule has 0 fully saturated rings. The standard InChI is InChI=1S/C14H16N4O2S/c1-8-12-13(17(2)16-8)18(14(21)15-12)9-5-10(19-3)7-11(6-9)20-4/h5-7H,1-4H3,(H,15,21). The summed E-state index contributed by atoms with van der Waals surface area (Å²) < 4.78 is 15.0. The highest BCUT2D eigenvalue weighted by Gasteiger charge is 2.15. The summed E-state index contributed by atoms with van der Waals surface area (Å²) in [5, 5.41) is 4.42. The monoisotopic (exact) mass is 304 g/mol. The fourth-order valence-electron chi connectivity index (χ4n) is 2.47. The second-order valence-electron chi connectivity index (χ2n) is 4.74. The number of aromatic nitrogens is 4. The molecule has 0 unspecified atom stereocenters. The zero-order chi connectivity index (χ0) is 15.1. The molecule has 6 nitrogen and oxygen atoms in total. The maximum absolute atomic E-state index is 5.45. The van der Waals surface area contributed by atoms with Crippen LogP contribution in [0.4, 0.5) is 0 Å². The maximum atomic E-state index is 5.45. The van der Waals surface area contributed by atoms with E-state index in [1.807, 2.05) is 41.4 Å². The summed E-state index contributed by atoms with van der Waals surface area (Å²) in [4.78, 5) is 3.20. The first-order valence-electron chi connectivity index (χ1n) is 6.43. The predicted octanol–water partition coefficient (Wildman–Crippen LogP) is 2.75. The number of methoxy groups -OCH3 is 2. The molecule has 0 amide bonds. The highest BCUT2D eigenvalue weighted by Crippen LogP contribution is 2.28. The Morgan fingerprint density at radius 1 is 1.14 bits per heavy atom. The normalized spacial score (nSPS) is 11.0. The van der Waals surface area contributed by atoms with Gasteiger partial charge in [0, 0.05) is 25.2 Å². The van der Waals surface area contributed by atoms with Crippen LogP contribution in [0.3, 0.4) is 0 Å². The Kier molecular flexibility index (Phi) is 3.21. The van der Waals surface area contributed by atoms with Gasteiger partial charge in [0.25, 0.3) is 0 Å². The van der Waals surface area contributed by atoms with Crippen LogP contribution in [0, 0.1) is 11.7 Å². The molecule has 7 heteroatoms. The van der Waals surface area contributed by atoms with E-state index in [2.05, 4.69) is 10.1 Å². The topological polar surface area (TPSA) is 57.0 Å². The molecule has 2 heterocycles. The summed E-state index contributed by atoms with van der Waals surface area (Å²) in [6.07, 6.45) is 0. The third kappa shape index (κ3) is 2.09. The lowest BCUT2D eigenvalue weighted by molar-refractivity contribution is 0.394. The van der Waals surface area contributed by atoms with Crippen LogP contribution in [0.1, 0.15) is 5.69 Å². The van der Waals surface area contributed by atoms with E-state index >= 15 is 0 Å². The molecule has 0 aliphatic heterocycles. The number of fused-ring (bicyclic) bond motifs is 1. The van der Waals surface area contributed by atoms with Crippen molar-refractivity contribution in [3.05, 3.63) is 28.7 Å². The Labute approximate surface area is 126 Å². The van der Waals surface area contributed by atoms with E-state index in [0.29, 0.717) is 16.3 Å². The summed E-state index contributed by atoms with van der Waals surface area (Å²) in [5.74, 6) is 1.42. The first-order valence-corrected chi connectivity index (χ1v) is 6.83. The van der Waals surface area contributed by atoms with Crippen LogP contribution in [0.5, 0.6) is 11.5 Å². The highest BCUT2D eigenvalue weighted by molar-refractivity contribution is 7.71. The first-order chi connectivity index (χ1) is 10.0. The number of aryl methyl sites for hydroxylation is 2. The Morgan fingerprint density at radius 3 is 2.33 bits per heavy atom. The van der Waals surface area contributed by atoms with Crippen molar-refractivity contribution in [2.75, 3.05) is 14.2 Å². The number of nitrogens with one attached hydrogen (secondary N) is 1. The molecule has 110 valence electrons. The van der Waals surface area contributed by atoms with Gasteiger partial charge in [-0.05, 0) is 19.1 Å². The summed E-state index contributed by atoms with van der Waals surface area (Å²) >= 11 is 5.45. The van der Waals surface area contributed by atoms with Gasteiger partial charge in [0.2, 0.25) is 0 Å². The molecular formula is C14H16N4O2S. The molecule has 3 rings (SSSR count). The minimum absolute atomic E-state index is 0.608. The number of ether oxygens (including phenoxy) is 2. The highest BCUT2D eigenvalue weighted by atomic mass is 32.1. The lowest BCUT2D eigenvalue weighted by atomic mass is 10.2. The summed E-state index contributed by atoms with van der Waals surface area (Å²) in [6.45, 7) is 1.95. The molecule has 0 atom stereocenters. The fourth-order valence-corrected chi connectivity index (χ4v) is 2.76. The smallest absolute Gasteiger partial charge is 0.184 e. The molecule has 0 saturated carbocycles. The molecule has 0 saturated heterocycles. The lowest BCUT2D eigenvalue weighted by Crippen LogP contribution is -2.01.